The lowest BCUT2D eigenvalue weighted by molar-refractivity contribution is 0.191. The molecule has 1 saturated heterocycles. The summed E-state index contributed by atoms with van der Waals surface area (Å²) >= 11 is 3.40. The number of pyridine rings is 3. The van der Waals surface area contributed by atoms with Crippen LogP contribution >= 0.6 is 40.7 Å². The highest BCUT2D eigenvalue weighted by molar-refractivity contribution is 9.10. The zero-order valence-electron chi connectivity index (χ0n) is 16.8. The van der Waals surface area contributed by atoms with Gasteiger partial charge in [0.15, 0.2) is 0 Å². The van der Waals surface area contributed by atoms with Gasteiger partial charge in [-0.25, -0.2) is 4.39 Å². The van der Waals surface area contributed by atoms with Gasteiger partial charge in [-0.05, 0) is 60.1 Å². The molecule has 0 amide bonds. The van der Waals surface area contributed by atoms with Crippen LogP contribution in [0, 0.1) is 5.82 Å². The van der Waals surface area contributed by atoms with E-state index in [4.69, 9.17) is 0 Å². The van der Waals surface area contributed by atoms with Crippen molar-refractivity contribution >= 4 is 51.8 Å². The lowest BCUT2D eigenvalue weighted by Crippen LogP contribution is -2.43. The lowest BCUT2D eigenvalue weighted by atomic mass is 10.0. The molecule has 4 rings (SSSR count). The van der Waals surface area contributed by atoms with Crippen LogP contribution in [0.3, 0.4) is 0 Å². The summed E-state index contributed by atoms with van der Waals surface area (Å²) < 4.78 is 16.2. The van der Waals surface area contributed by atoms with Crippen LogP contribution in [-0.4, -0.2) is 45.1 Å². The third-order valence-corrected chi connectivity index (χ3v) is 5.86. The maximum absolute atomic E-state index is 13.6. The van der Waals surface area contributed by atoms with Crippen LogP contribution < -0.4 is 10.9 Å². The first-order valence-corrected chi connectivity index (χ1v) is 10.6. The molecule has 1 N–H and O–H groups in total. The second-order valence-electron chi connectivity index (χ2n) is 7.35. The molecule has 31 heavy (non-hydrogen) atoms. The highest BCUT2D eigenvalue weighted by atomic mass is 79.9. The van der Waals surface area contributed by atoms with E-state index >= 15 is 0 Å². The number of nitrogens with one attached hydrogen (secondary N) is 1. The van der Waals surface area contributed by atoms with Gasteiger partial charge in [-0.1, -0.05) is 0 Å². The maximum atomic E-state index is 13.6. The Kier molecular flexibility index (Phi) is 9.84. The fraction of sp³-hybridized carbons (Fsp3) is 0.381. The summed E-state index contributed by atoms with van der Waals surface area (Å²) in [5.41, 5.74) is 2.10. The minimum Gasteiger partial charge on any atom is -0.308 e. The number of piperidine rings is 1. The van der Waals surface area contributed by atoms with Gasteiger partial charge in [0, 0.05) is 48.5 Å². The molecule has 1 aliphatic heterocycles. The van der Waals surface area contributed by atoms with Gasteiger partial charge in [0.05, 0.1) is 22.9 Å². The Labute approximate surface area is 201 Å². The average Bonchev–Trinajstić information content (AvgIpc) is 2.73. The van der Waals surface area contributed by atoms with Crippen LogP contribution in [0.5, 0.6) is 0 Å². The predicted octanol–water partition coefficient (Wildman–Crippen LogP) is 3.79. The first-order valence-electron chi connectivity index (χ1n) is 9.80. The number of halogens is 4. The molecule has 168 valence electrons. The molecule has 6 nitrogen and oxygen atoms in total. The van der Waals surface area contributed by atoms with Crippen LogP contribution in [0.15, 0.2) is 52.0 Å². The smallest absolute Gasteiger partial charge is 0.251 e. The van der Waals surface area contributed by atoms with Crippen LogP contribution in [0.25, 0.3) is 11.0 Å². The monoisotopic (exact) mass is 531 g/mol. The van der Waals surface area contributed by atoms with E-state index in [0.717, 1.165) is 49.2 Å². The molecule has 3 aromatic heterocycles. The highest BCUT2D eigenvalue weighted by Gasteiger charge is 2.19. The Balaban J connectivity index is 0.00000171. The Morgan fingerprint density at radius 2 is 1.84 bits per heavy atom. The summed E-state index contributed by atoms with van der Waals surface area (Å²) in [6, 6.07) is 9.02. The van der Waals surface area contributed by atoms with Gasteiger partial charge < -0.3 is 14.8 Å². The molecule has 4 heterocycles. The molecule has 0 spiro atoms. The van der Waals surface area contributed by atoms with Gasteiger partial charge in [0.25, 0.3) is 5.56 Å². The van der Waals surface area contributed by atoms with Crippen molar-refractivity contribution in [2.75, 3.05) is 19.6 Å². The molecule has 1 aliphatic rings. The zero-order valence-corrected chi connectivity index (χ0v) is 20.1. The van der Waals surface area contributed by atoms with Gasteiger partial charge in [-0.2, -0.15) is 0 Å². The van der Waals surface area contributed by atoms with Crippen molar-refractivity contribution in [1.29, 1.82) is 0 Å². The van der Waals surface area contributed by atoms with Crippen molar-refractivity contribution in [3.05, 3.63) is 69.1 Å². The van der Waals surface area contributed by atoms with Gasteiger partial charge in [0.1, 0.15) is 5.82 Å². The third-order valence-electron chi connectivity index (χ3n) is 5.39. The van der Waals surface area contributed by atoms with E-state index in [1.807, 2.05) is 18.3 Å². The van der Waals surface area contributed by atoms with E-state index in [0.29, 0.717) is 23.6 Å². The molecule has 3 aromatic rings. The van der Waals surface area contributed by atoms with Crippen molar-refractivity contribution in [2.45, 2.75) is 32.0 Å². The summed E-state index contributed by atoms with van der Waals surface area (Å²) in [5.74, 6) is -0.427. The Morgan fingerprint density at radius 1 is 1.06 bits per heavy atom. The van der Waals surface area contributed by atoms with E-state index in [1.165, 1.54) is 18.3 Å². The molecule has 0 bridgehead atoms. The second kappa shape index (κ2) is 11.9. The number of likely N-dealkylation sites (tertiary alicyclic amines) is 1. The standard InChI is InChI=1S/C21H23BrFN5O.2ClH/c22-15-1-2-18(24-12-15)14-25-17-5-7-27(8-6-17)9-10-28-20-11-16(23)13-26-19(20)3-4-21(28)29;;/h1-4,11-13,17,25H,5-10,14H2;2*1H. The molecule has 10 heteroatoms. The SMILES string of the molecule is Cl.Cl.O=c1ccc2ncc(F)cc2n1CCN1CCC(NCc2ccc(Br)cn2)CC1. The zero-order chi connectivity index (χ0) is 20.2. The molecule has 0 aliphatic carbocycles. The highest BCUT2D eigenvalue weighted by Crippen LogP contribution is 2.14. The van der Waals surface area contributed by atoms with Crippen molar-refractivity contribution in [2.24, 2.45) is 0 Å². The summed E-state index contributed by atoms with van der Waals surface area (Å²) in [5, 5.41) is 3.58. The maximum Gasteiger partial charge on any atom is 0.251 e. The number of rotatable bonds is 6. The number of hydrogen-bond acceptors (Lipinski definition) is 5. The van der Waals surface area contributed by atoms with Gasteiger partial charge in [0.2, 0.25) is 0 Å². The van der Waals surface area contributed by atoms with Crippen molar-refractivity contribution in [3.8, 4) is 0 Å². The van der Waals surface area contributed by atoms with E-state index in [-0.39, 0.29) is 30.4 Å². The van der Waals surface area contributed by atoms with Crippen molar-refractivity contribution in [1.82, 2.24) is 24.8 Å². The number of fused-ring (bicyclic) bond motifs is 1. The average molecular weight is 533 g/mol. The Morgan fingerprint density at radius 3 is 2.55 bits per heavy atom. The van der Waals surface area contributed by atoms with E-state index in [1.54, 1.807) is 10.6 Å². The third kappa shape index (κ3) is 6.70. The lowest BCUT2D eigenvalue weighted by Gasteiger charge is -2.32. The molecule has 0 radical (unpaired) electrons. The minimum absolute atomic E-state index is 0. The fourth-order valence-corrected chi connectivity index (χ4v) is 3.97. The first-order chi connectivity index (χ1) is 14.1. The molecule has 0 aromatic carbocycles. The van der Waals surface area contributed by atoms with Gasteiger partial charge >= 0.3 is 0 Å². The van der Waals surface area contributed by atoms with E-state index in [9.17, 15) is 9.18 Å². The normalized spacial score (nSPS) is 14.8. The number of nitrogens with zero attached hydrogens (tertiary/aromatic N) is 4. The quantitative estimate of drug-likeness (QED) is 0.523. The van der Waals surface area contributed by atoms with E-state index in [2.05, 4.69) is 36.1 Å². The topological polar surface area (TPSA) is 63.1 Å². The largest absolute Gasteiger partial charge is 0.308 e. The predicted molar refractivity (Wildman–Crippen MR) is 129 cm³/mol. The Hall–Kier alpha value is -1.58. The number of aromatic nitrogens is 3. The fourth-order valence-electron chi connectivity index (χ4n) is 3.74. The van der Waals surface area contributed by atoms with Crippen molar-refractivity contribution in [3.63, 3.8) is 0 Å². The molecule has 0 unspecified atom stereocenters. The molecule has 1 fully saturated rings. The van der Waals surface area contributed by atoms with Crippen LogP contribution in [0.4, 0.5) is 4.39 Å². The molecule has 0 saturated carbocycles. The van der Waals surface area contributed by atoms with E-state index < -0.39 is 5.82 Å². The van der Waals surface area contributed by atoms with Crippen LogP contribution in [-0.2, 0) is 13.1 Å². The summed E-state index contributed by atoms with van der Waals surface area (Å²) in [6.45, 7) is 4.00. The van der Waals surface area contributed by atoms with Crippen LogP contribution in [0.1, 0.15) is 18.5 Å². The summed E-state index contributed by atoms with van der Waals surface area (Å²) in [7, 11) is 0. The van der Waals surface area contributed by atoms with Gasteiger partial charge in [-0.3, -0.25) is 14.8 Å². The second-order valence-corrected chi connectivity index (χ2v) is 8.26. The van der Waals surface area contributed by atoms with Crippen LogP contribution in [0.2, 0.25) is 0 Å². The van der Waals surface area contributed by atoms with Gasteiger partial charge in [-0.15, -0.1) is 24.8 Å². The molecule has 0 atom stereocenters. The summed E-state index contributed by atoms with van der Waals surface area (Å²) in [4.78, 5) is 23.1. The minimum atomic E-state index is -0.427. The molecular formula is C21H25BrCl2FN5O. The first kappa shape index (κ1) is 25.7. The molecular weight excluding hydrogens is 508 g/mol. The number of hydrogen-bond donors (Lipinski definition) is 1. The van der Waals surface area contributed by atoms with Crippen molar-refractivity contribution < 1.29 is 4.39 Å². The summed E-state index contributed by atoms with van der Waals surface area (Å²) in [6.07, 6.45) is 5.10. The Bertz CT molecular complexity index is 1040.